The summed E-state index contributed by atoms with van der Waals surface area (Å²) >= 11 is 1.57. The summed E-state index contributed by atoms with van der Waals surface area (Å²) in [5.74, 6) is 0.696. The van der Waals surface area contributed by atoms with Crippen molar-refractivity contribution in [3.8, 4) is 0 Å². The maximum atomic E-state index is 13.0. The van der Waals surface area contributed by atoms with Gasteiger partial charge in [-0.3, -0.25) is 4.79 Å². The number of amides is 1. The number of thioether (sulfide) groups is 1. The van der Waals surface area contributed by atoms with Crippen molar-refractivity contribution in [3.63, 3.8) is 0 Å². The zero-order valence-corrected chi connectivity index (χ0v) is 16.4. The largest absolute Gasteiger partial charge is 0.388 e. The van der Waals surface area contributed by atoms with Crippen LogP contribution in [0.2, 0.25) is 0 Å². The van der Waals surface area contributed by atoms with Crippen LogP contribution in [0.5, 0.6) is 0 Å². The van der Waals surface area contributed by atoms with E-state index in [4.69, 9.17) is 0 Å². The van der Waals surface area contributed by atoms with Crippen molar-refractivity contribution < 1.29 is 15.0 Å². The van der Waals surface area contributed by atoms with Gasteiger partial charge in [0.05, 0.1) is 11.2 Å². The molecular weight excluding hydrogens is 360 g/mol. The Morgan fingerprint density at radius 1 is 1.30 bits per heavy atom. The third-order valence-electron chi connectivity index (χ3n) is 5.20. The number of aryl methyl sites for hydroxylation is 1. The van der Waals surface area contributed by atoms with Crippen molar-refractivity contribution >= 4 is 17.7 Å². The molecule has 0 unspecified atom stereocenters. The number of aliphatic hydroxyl groups is 2. The average molecular weight is 387 g/mol. The zero-order valence-electron chi connectivity index (χ0n) is 15.5. The molecule has 144 valence electrons. The molecule has 1 amide bonds. The first kappa shape index (κ1) is 19.9. The highest BCUT2D eigenvalue weighted by Crippen LogP contribution is 2.28. The van der Waals surface area contributed by atoms with Crippen molar-refractivity contribution in [1.82, 2.24) is 9.88 Å². The van der Waals surface area contributed by atoms with Crippen LogP contribution in [0.3, 0.4) is 0 Å². The van der Waals surface area contributed by atoms with Gasteiger partial charge in [0.2, 0.25) is 0 Å². The summed E-state index contributed by atoms with van der Waals surface area (Å²) in [5, 5.41) is 21.4. The minimum Gasteiger partial charge on any atom is -0.388 e. The summed E-state index contributed by atoms with van der Waals surface area (Å²) in [7, 11) is 0. The highest BCUT2D eigenvalue weighted by atomic mass is 32.2. The molecule has 6 heteroatoms. The molecule has 27 heavy (non-hydrogen) atoms. The van der Waals surface area contributed by atoms with Crippen LogP contribution < -0.4 is 0 Å². The third kappa shape index (κ3) is 4.69. The molecule has 2 heterocycles. The lowest BCUT2D eigenvalue weighted by molar-refractivity contribution is -0.114. The number of β-amino-alcohol motifs (C(OH)–C–C–N with tert-alkyl or cyclic N) is 1. The molecule has 0 radical (unpaired) electrons. The molecule has 3 rings (SSSR count). The van der Waals surface area contributed by atoms with E-state index in [1.54, 1.807) is 35.0 Å². The van der Waals surface area contributed by atoms with Crippen molar-refractivity contribution in [3.05, 3.63) is 59.8 Å². The Morgan fingerprint density at radius 3 is 2.78 bits per heavy atom. The van der Waals surface area contributed by atoms with Gasteiger partial charge in [-0.2, -0.15) is 0 Å². The van der Waals surface area contributed by atoms with Gasteiger partial charge in [-0.15, -0.1) is 11.8 Å². The summed E-state index contributed by atoms with van der Waals surface area (Å²) < 4.78 is 0. The normalized spacial score (nSPS) is 22.6. The van der Waals surface area contributed by atoms with E-state index in [0.717, 1.165) is 12.2 Å². The van der Waals surface area contributed by atoms with Gasteiger partial charge in [0.25, 0.3) is 5.91 Å². The zero-order chi connectivity index (χ0) is 19.3. The number of hydrogen-bond donors (Lipinski definition) is 2. The molecule has 0 spiro atoms. The number of carbonyl (C=O) groups excluding carboxylic acids is 1. The SMILES string of the molecule is CC[C@@]1(O)CCN(C(=O)c2cccnc2SCCc2ccccc2)C[C@H]1O. The topological polar surface area (TPSA) is 73.7 Å². The third-order valence-corrected chi connectivity index (χ3v) is 6.21. The van der Waals surface area contributed by atoms with Gasteiger partial charge >= 0.3 is 0 Å². The monoisotopic (exact) mass is 386 g/mol. The van der Waals surface area contributed by atoms with Crippen LogP contribution in [0.15, 0.2) is 53.7 Å². The Bertz CT molecular complexity index is 771. The number of rotatable bonds is 6. The first-order chi connectivity index (χ1) is 13.0. The second-order valence-electron chi connectivity index (χ2n) is 6.91. The predicted octanol–water partition coefficient (Wildman–Crippen LogP) is 2.76. The minimum absolute atomic E-state index is 0.137. The van der Waals surface area contributed by atoms with Crippen LogP contribution >= 0.6 is 11.8 Å². The highest BCUT2D eigenvalue weighted by Gasteiger charge is 2.40. The Hall–Kier alpha value is -1.89. The maximum absolute atomic E-state index is 13.0. The molecule has 2 aromatic rings. The smallest absolute Gasteiger partial charge is 0.256 e. The van der Waals surface area contributed by atoms with E-state index < -0.39 is 11.7 Å². The molecule has 0 aliphatic carbocycles. The van der Waals surface area contributed by atoms with E-state index in [-0.39, 0.29) is 12.5 Å². The maximum Gasteiger partial charge on any atom is 0.256 e. The van der Waals surface area contributed by atoms with Crippen LogP contribution in [0.25, 0.3) is 0 Å². The molecule has 1 aromatic heterocycles. The molecule has 2 N–H and O–H groups in total. The summed E-state index contributed by atoms with van der Waals surface area (Å²) in [6, 6.07) is 13.8. The van der Waals surface area contributed by atoms with E-state index in [1.807, 2.05) is 25.1 Å². The van der Waals surface area contributed by atoms with Crippen molar-refractivity contribution in [2.45, 2.75) is 42.9 Å². The molecule has 1 aromatic carbocycles. The number of hydrogen-bond acceptors (Lipinski definition) is 5. The van der Waals surface area contributed by atoms with Gasteiger partial charge in [-0.1, -0.05) is 37.3 Å². The summed E-state index contributed by atoms with van der Waals surface area (Å²) in [6.45, 7) is 2.43. The number of carbonyl (C=O) groups is 1. The molecule has 0 bridgehead atoms. The van der Waals surface area contributed by atoms with Gasteiger partial charge in [0.15, 0.2) is 0 Å². The van der Waals surface area contributed by atoms with Gasteiger partial charge < -0.3 is 15.1 Å². The first-order valence-corrected chi connectivity index (χ1v) is 10.3. The lowest BCUT2D eigenvalue weighted by atomic mass is 9.86. The molecule has 1 aliphatic rings. The number of piperidine rings is 1. The van der Waals surface area contributed by atoms with Crippen LogP contribution in [0.1, 0.15) is 35.7 Å². The summed E-state index contributed by atoms with van der Waals surface area (Å²) in [5.41, 5.74) is 0.718. The molecule has 1 saturated heterocycles. The van der Waals surface area contributed by atoms with E-state index in [9.17, 15) is 15.0 Å². The van der Waals surface area contributed by atoms with Crippen LogP contribution in [0.4, 0.5) is 0 Å². The molecular formula is C21H26N2O3S. The molecule has 2 atom stereocenters. The van der Waals surface area contributed by atoms with Crippen molar-refractivity contribution in [2.75, 3.05) is 18.8 Å². The Labute approximate surface area is 164 Å². The Morgan fingerprint density at radius 2 is 2.07 bits per heavy atom. The first-order valence-electron chi connectivity index (χ1n) is 9.35. The van der Waals surface area contributed by atoms with Crippen LogP contribution in [-0.4, -0.2) is 56.6 Å². The Kier molecular flexibility index (Phi) is 6.52. The Balaban J connectivity index is 1.65. The summed E-state index contributed by atoms with van der Waals surface area (Å²) in [6.07, 6.45) is 2.53. The van der Waals surface area contributed by atoms with E-state index in [2.05, 4.69) is 17.1 Å². The standard InChI is InChI=1S/C21H26N2O3S/c1-2-21(26)11-13-23(15-18(21)24)20(25)17-9-6-12-22-19(17)27-14-10-16-7-4-3-5-8-16/h3-9,12,18,24,26H,2,10-11,13-15H2,1H3/t18-,21-/m1/s1. The number of benzene rings is 1. The minimum atomic E-state index is -1.10. The number of likely N-dealkylation sites (tertiary alicyclic amines) is 1. The van der Waals surface area contributed by atoms with Gasteiger partial charge in [0.1, 0.15) is 11.1 Å². The van der Waals surface area contributed by atoms with Crippen molar-refractivity contribution in [1.29, 1.82) is 0 Å². The van der Waals surface area contributed by atoms with E-state index in [0.29, 0.717) is 30.0 Å². The number of aromatic nitrogens is 1. The highest BCUT2D eigenvalue weighted by molar-refractivity contribution is 7.99. The summed E-state index contributed by atoms with van der Waals surface area (Å²) in [4.78, 5) is 19.0. The average Bonchev–Trinajstić information content (AvgIpc) is 2.71. The number of pyridine rings is 1. The fourth-order valence-corrected chi connectivity index (χ4v) is 4.29. The lowest BCUT2D eigenvalue weighted by Crippen LogP contribution is -2.56. The molecule has 1 aliphatic heterocycles. The molecule has 0 saturated carbocycles. The fraction of sp³-hybridized carbons (Fsp3) is 0.429. The van der Waals surface area contributed by atoms with Gasteiger partial charge in [-0.25, -0.2) is 4.98 Å². The fourth-order valence-electron chi connectivity index (χ4n) is 3.31. The number of aliphatic hydroxyl groups excluding tert-OH is 1. The van der Waals surface area contributed by atoms with Crippen molar-refractivity contribution in [2.24, 2.45) is 0 Å². The van der Waals surface area contributed by atoms with E-state index in [1.165, 1.54) is 5.56 Å². The lowest BCUT2D eigenvalue weighted by Gasteiger charge is -2.41. The second kappa shape index (κ2) is 8.87. The van der Waals surface area contributed by atoms with Gasteiger partial charge in [0, 0.05) is 25.0 Å². The second-order valence-corrected chi connectivity index (χ2v) is 8.00. The molecule has 1 fully saturated rings. The van der Waals surface area contributed by atoms with Crippen LogP contribution in [0, 0.1) is 0 Å². The predicted molar refractivity (Wildman–Crippen MR) is 107 cm³/mol. The van der Waals surface area contributed by atoms with Crippen LogP contribution in [-0.2, 0) is 6.42 Å². The van der Waals surface area contributed by atoms with E-state index >= 15 is 0 Å². The quantitative estimate of drug-likeness (QED) is 0.747. The number of nitrogens with zero attached hydrogens (tertiary/aromatic N) is 2. The van der Waals surface area contributed by atoms with Gasteiger partial charge in [-0.05, 0) is 37.0 Å². The molecule has 5 nitrogen and oxygen atoms in total.